The summed E-state index contributed by atoms with van der Waals surface area (Å²) in [5, 5.41) is 12.1. The van der Waals surface area contributed by atoms with Crippen molar-refractivity contribution in [3.05, 3.63) is 54.0 Å². The van der Waals surface area contributed by atoms with Crippen LogP contribution in [0.5, 0.6) is 17.4 Å². The van der Waals surface area contributed by atoms with E-state index in [-0.39, 0.29) is 5.75 Å². The van der Waals surface area contributed by atoms with Crippen molar-refractivity contribution < 1.29 is 9.84 Å². The molecule has 3 aromatic rings. The fourth-order valence-electron chi connectivity index (χ4n) is 2.23. The van der Waals surface area contributed by atoms with Crippen molar-refractivity contribution in [2.24, 2.45) is 0 Å². The van der Waals surface area contributed by atoms with Crippen LogP contribution in [0.4, 0.5) is 0 Å². The molecule has 0 saturated carbocycles. The Bertz CT molecular complexity index is 800. The Kier molecular flexibility index (Phi) is 3.44. The Hall–Kier alpha value is -2.62. The SMILES string of the molecule is CCc1cc(Oc2cc3ccccc3cc2O)nc(C)n1. The van der Waals surface area contributed by atoms with Crippen LogP contribution >= 0.6 is 0 Å². The number of phenols is 1. The smallest absolute Gasteiger partial charge is 0.222 e. The van der Waals surface area contributed by atoms with Crippen LogP contribution in [0.3, 0.4) is 0 Å². The number of aromatic nitrogens is 2. The van der Waals surface area contributed by atoms with Gasteiger partial charge in [0.1, 0.15) is 5.82 Å². The van der Waals surface area contributed by atoms with Gasteiger partial charge in [0.05, 0.1) is 0 Å². The second kappa shape index (κ2) is 5.40. The number of ether oxygens (including phenoxy) is 1. The van der Waals surface area contributed by atoms with Gasteiger partial charge in [-0.15, -0.1) is 0 Å². The lowest BCUT2D eigenvalue weighted by Gasteiger charge is -2.09. The van der Waals surface area contributed by atoms with Crippen molar-refractivity contribution in [3.8, 4) is 17.4 Å². The number of aromatic hydroxyl groups is 1. The van der Waals surface area contributed by atoms with E-state index in [1.54, 1.807) is 12.1 Å². The van der Waals surface area contributed by atoms with Gasteiger partial charge in [0.25, 0.3) is 0 Å². The number of aryl methyl sites for hydroxylation is 2. The number of phenolic OH excluding ortho intramolecular Hbond substituents is 1. The molecule has 0 radical (unpaired) electrons. The molecular formula is C17H16N2O2. The van der Waals surface area contributed by atoms with Crippen molar-refractivity contribution in [3.63, 3.8) is 0 Å². The highest BCUT2D eigenvalue weighted by Gasteiger charge is 2.09. The van der Waals surface area contributed by atoms with Crippen LogP contribution in [-0.4, -0.2) is 15.1 Å². The van der Waals surface area contributed by atoms with Crippen LogP contribution in [0.1, 0.15) is 18.4 Å². The molecule has 1 N–H and O–H groups in total. The molecule has 0 aliphatic heterocycles. The summed E-state index contributed by atoms with van der Waals surface area (Å²) in [7, 11) is 0. The zero-order valence-corrected chi connectivity index (χ0v) is 12.0. The quantitative estimate of drug-likeness (QED) is 0.788. The molecule has 1 aromatic heterocycles. The molecule has 0 spiro atoms. The monoisotopic (exact) mass is 280 g/mol. The van der Waals surface area contributed by atoms with E-state index >= 15 is 0 Å². The fraction of sp³-hybridized carbons (Fsp3) is 0.176. The Morgan fingerprint density at radius 1 is 1.05 bits per heavy atom. The predicted molar refractivity (Wildman–Crippen MR) is 81.8 cm³/mol. The molecule has 1 heterocycles. The predicted octanol–water partition coefficient (Wildman–Crippen LogP) is 4.00. The molecule has 0 amide bonds. The lowest BCUT2D eigenvalue weighted by atomic mass is 10.1. The van der Waals surface area contributed by atoms with Gasteiger partial charge in [-0.1, -0.05) is 31.2 Å². The minimum atomic E-state index is 0.100. The summed E-state index contributed by atoms with van der Waals surface area (Å²) < 4.78 is 5.74. The summed E-state index contributed by atoms with van der Waals surface area (Å²) >= 11 is 0. The first-order valence-corrected chi connectivity index (χ1v) is 6.90. The van der Waals surface area contributed by atoms with Gasteiger partial charge in [-0.3, -0.25) is 0 Å². The molecule has 21 heavy (non-hydrogen) atoms. The Morgan fingerprint density at radius 2 is 1.76 bits per heavy atom. The lowest BCUT2D eigenvalue weighted by molar-refractivity contribution is 0.402. The molecule has 106 valence electrons. The summed E-state index contributed by atoms with van der Waals surface area (Å²) in [5.41, 5.74) is 0.915. The third-order valence-electron chi connectivity index (χ3n) is 3.27. The van der Waals surface area contributed by atoms with Crippen molar-refractivity contribution in [2.75, 3.05) is 0 Å². The topological polar surface area (TPSA) is 55.2 Å². The third-order valence-corrected chi connectivity index (χ3v) is 3.27. The van der Waals surface area contributed by atoms with E-state index in [1.165, 1.54) is 0 Å². The molecule has 0 aliphatic carbocycles. The van der Waals surface area contributed by atoms with Crippen LogP contribution in [0.2, 0.25) is 0 Å². The van der Waals surface area contributed by atoms with Gasteiger partial charge in [-0.05, 0) is 36.2 Å². The highest BCUT2D eigenvalue weighted by atomic mass is 16.5. The van der Waals surface area contributed by atoms with Gasteiger partial charge in [0.15, 0.2) is 11.5 Å². The molecule has 0 saturated heterocycles. The van der Waals surface area contributed by atoms with E-state index in [0.717, 1.165) is 22.9 Å². The second-order valence-electron chi connectivity index (χ2n) is 4.87. The molecule has 3 rings (SSSR count). The minimum absolute atomic E-state index is 0.100. The molecule has 0 unspecified atom stereocenters. The van der Waals surface area contributed by atoms with Crippen LogP contribution in [0, 0.1) is 6.92 Å². The van der Waals surface area contributed by atoms with Gasteiger partial charge in [-0.25, -0.2) is 4.98 Å². The summed E-state index contributed by atoms with van der Waals surface area (Å²) in [4.78, 5) is 8.57. The highest BCUT2D eigenvalue weighted by Crippen LogP contribution is 2.34. The van der Waals surface area contributed by atoms with Gasteiger partial charge >= 0.3 is 0 Å². The zero-order chi connectivity index (χ0) is 14.8. The molecular weight excluding hydrogens is 264 g/mol. The average molecular weight is 280 g/mol. The first-order chi connectivity index (χ1) is 10.2. The number of nitrogens with zero attached hydrogens (tertiary/aromatic N) is 2. The number of hydrogen-bond acceptors (Lipinski definition) is 4. The average Bonchev–Trinajstić information content (AvgIpc) is 2.47. The van der Waals surface area contributed by atoms with Gasteiger partial charge in [-0.2, -0.15) is 4.98 Å². The lowest BCUT2D eigenvalue weighted by Crippen LogP contribution is -1.97. The first-order valence-electron chi connectivity index (χ1n) is 6.90. The number of hydrogen-bond donors (Lipinski definition) is 1. The summed E-state index contributed by atoms with van der Waals surface area (Å²) in [5.74, 6) is 1.60. The normalized spacial score (nSPS) is 10.8. The zero-order valence-electron chi connectivity index (χ0n) is 12.0. The second-order valence-corrected chi connectivity index (χ2v) is 4.87. The number of benzene rings is 2. The van der Waals surface area contributed by atoms with Crippen LogP contribution in [0.25, 0.3) is 10.8 Å². The Balaban J connectivity index is 2.01. The highest BCUT2D eigenvalue weighted by molar-refractivity contribution is 5.85. The van der Waals surface area contributed by atoms with Crippen LogP contribution in [-0.2, 0) is 6.42 Å². The molecule has 2 aromatic carbocycles. The van der Waals surface area contributed by atoms with E-state index in [4.69, 9.17) is 4.74 Å². The minimum Gasteiger partial charge on any atom is -0.504 e. The summed E-state index contributed by atoms with van der Waals surface area (Å²) in [6.07, 6.45) is 0.809. The molecule has 4 heteroatoms. The van der Waals surface area contributed by atoms with Gasteiger partial charge in [0, 0.05) is 11.8 Å². The van der Waals surface area contributed by atoms with E-state index in [0.29, 0.717) is 17.5 Å². The molecule has 0 atom stereocenters. The van der Waals surface area contributed by atoms with Crippen molar-refractivity contribution in [2.45, 2.75) is 20.3 Å². The molecule has 0 fully saturated rings. The number of rotatable bonds is 3. The number of fused-ring (bicyclic) bond motifs is 1. The Morgan fingerprint density at radius 3 is 2.48 bits per heavy atom. The van der Waals surface area contributed by atoms with E-state index in [9.17, 15) is 5.11 Å². The van der Waals surface area contributed by atoms with Crippen molar-refractivity contribution >= 4 is 10.8 Å². The maximum absolute atomic E-state index is 10.1. The fourth-order valence-corrected chi connectivity index (χ4v) is 2.23. The van der Waals surface area contributed by atoms with Gasteiger partial charge < -0.3 is 9.84 Å². The van der Waals surface area contributed by atoms with E-state index in [1.807, 2.05) is 44.2 Å². The Labute approximate surface area is 123 Å². The van der Waals surface area contributed by atoms with Gasteiger partial charge in [0.2, 0.25) is 5.88 Å². The first kappa shape index (κ1) is 13.4. The maximum atomic E-state index is 10.1. The molecule has 0 bridgehead atoms. The largest absolute Gasteiger partial charge is 0.504 e. The summed E-state index contributed by atoms with van der Waals surface area (Å²) in [6.45, 7) is 3.85. The molecule has 0 aliphatic rings. The van der Waals surface area contributed by atoms with E-state index in [2.05, 4.69) is 9.97 Å². The summed E-state index contributed by atoms with van der Waals surface area (Å²) in [6, 6.07) is 13.1. The van der Waals surface area contributed by atoms with E-state index < -0.39 is 0 Å². The maximum Gasteiger partial charge on any atom is 0.222 e. The van der Waals surface area contributed by atoms with Crippen molar-refractivity contribution in [1.29, 1.82) is 0 Å². The van der Waals surface area contributed by atoms with Crippen molar-refractivity contribution in [1.82, 2.24) is 9.97 Å². The molecule has 4 nitrogen and oxygen atoms in total. The third kappa shape index (κ3) is 2.79. The van der Waals surface area contributed by atoms with Crippen LogP contribution in [0.15, 0.2) is 42.5 Å². The van der Waals surface area contributed by atoms with Crippen LogP contribution < -0.4 is 4.74 Å². The standard InChI is InChI=1S/C17H16N2O2/c1-3-14-10-17(19-11(2)18-14)21-16-9-13-7-5-4-6-12(13)8-15(16)20/h4-10,20H,3H2,1-2H3.